The van der Waals surface area contributed by atoms with Crippen LogP contribution in [0.25, 0.3) is 11.5 Å². The minimum Gasteiger partial charge on any atom is -0.493 e. The Morgan fingerprint density at radius 1 is 1.10 bits per heavy atom. The Labute approximate surface area is 174 Å². The van der Waals surface area contributed by atoms with Crippen molar-refractivity contribution < 1.29 is 28.9 Å². The lowest BCUT2D eigenvalue weighted by atomic mass is 10.1. The third kappa shape index (κ3) is 5.46. The number of nitrogens with zero attached hydrogens (tertiary/aromatic N) is 1. The van der Waals surface area contributed by atoms with Crippen LogP contribution in [0.4, 0.5) is 0 Å². The minimum absolute atomic E-state index is 0.0757. The highest BCUT2D eigenvalue weighted by Crippen LogP contribution is 2.22. The van der Waals surface area contributed by atoms with E-state index in [0.717, 1.165) is 17.0 Å². The zero-order valence-corrected chi connectivity index (χ0v) is 17.0. The zero-order valence-electron chi connectivity index (χ0n) is 17.0. The number of aryl methyl sites for hydroxylation is 1. The van der Waals surface area contributed by atoms with Crippen molar-refractivity contribution in [2.24, 2.45) is 0 Å². The van der Waals surface area contributed by atoms with Crippen molar-refractivity contribution in [2.75, 3.05) is 13.2 Å². The molecule has 0 saturated heterocycles. The summed E-state index contributed by atoms with van der Waals surface area (Å²) < 4.78 is 16.2. The second-order valence-electron chi connectivity index (χ2n) is 6.84. The van der Waals surface area contributed by atoms with Gasteiger partial charge in [-0.3, -0.25) is 0 Å². The molecule has 1 heterocycles. The average molecular weight is 411 g/mol. The van der Waals surface area contributed by atoms with E-state index in [9.17, 15) is 15.0 Å². The van der Waals surface area contributed by atoms with Gasteiger partial charge in [0.1, 0.15) is 11.5 Å². The van der Waals surface area contributed by atoms with Crippen molar-refractivity contribution in [2.45, 2.75) is 32.5 Å². The van der Waals surface area contributed by atoms with Crippen LogP contribution in [-0.2, 0) is 22.4 Å². The van der Waals surface area contributed by atoms with Crippen LogP contribution in [0.15, 0.2) is 59.0 Å². The molecule has 0 unspecified atom stereocenters. The standard InChI is InChI=1S/C23H25NO6/c1-3-28-22(25)23(26,27)15-17-9-11-19(12-10-17)29-14-13-20-16(2)30-21(24-20)18-7-5-4-6-8-18/h4-12,26-27H,3,13-15H2,1-2H3. The lowest BCUT2D eigenvalue weighted by Crippen LogP contribution is -2.42. The van der Waals surface area contributed by atoms with Crippen LogP contribution < -0.4 is 4.74 Å². The third-order valence-electron chi connectivity index (χ3n) is 4.50. The monoisotopic (exact) mass is 411 g/mol. The Morgan fingerprint density at radius 2 is 1.80 bits per heavy atom. The molecule has 3 rings (SSSR count). The Morgan fingerprint density at radius 3 is 2.47 bits per heavy atom. The molecule has 0 aliphatic rings. The second-order valence-corrected chi connectivity index (χ2v) is 6.84. The first-order valence-corrected chi connectivity index (χ1v) is 9.74. The number of esters is 1. The van der Waals surface area contributed by atoms with Crippen LogP contribution in [0.5, 0.6) is 5.75 Å². The number of hydrogen-bond donors (Lipinski definition) is 2. The largest absolute Gasteiger partial charge is 0.493 e. The number of carbonyl (C=O) groups excluding carboxylic acids is 1. The molecule has 0 fully saturated rings. The fourth-order valence-corrected chi connectivity index (χ4v) is 2.94. The first-order valence-electron chi connectivity index (χ1n) is 9.74. The average Bonchev–Trinajstić information content (AvgIpc) is 3.10. The van der Waals surface area contributed by atoms with Gasteiger partial charge in [-0.2, -0.15) is 0 Å². The van der Waals surface area contributed by atoms with E-state index in [2.05, 4.69) is 9.72 Å². The van der Waals surface area contributed by atoms with Crippen molar-refractivity contribution in [1.82, 2.24) is 4.98 Å². The molecule has 0 aliphatic carbocycles. The summed E-state index contributed by atoms with van der Waals surface area (Å²) in [5.41, 5.74) is 2.33. The molecular weight excluding hydrogens is 386 g/mol. The molecule has 0 aliphatic heterocycles. The smallest absolute Gasteiger partial charge is 0.366 e. The highest BCUT2D eigenvalue weighted by Gasteiger charge is 2.35. The fourth-order valence-electron chi connectivity index (χ4n) is 2.94. The third-order valence-corrected chi connectivity index (χ3v) is 4.50. The molecular formula is C23H25NO6. The van der Waals surface area contributed by atoms with Crippen LogP contribution in [0.3, 0.4) is 0 Å². The van der Waals surface area contributed by atoms with Crippen molar-refractivity contribution in [3.63, 3.8) is 0 Å². The molecule has 1 aromatic heterocycles. The van der Waals surface area contributed by atoms with Gasteiger partial charge in [0.05, 0.1) is 18.9 Å². The van der Waals surface area contributed by atoms with Crippen LogP contribution in [0.1, 0.15) is 23.9 Å². The number of hydrogen-bond acceptors (Lipinski definition) is 7. The predicted molar refractivity (Wildman–Crippen MR) is 110 cm³/mol. The van der Waals surface area contributed by atoms with E-state index in [1.807, 2.05) is 37.3 Å². The number of ether oxygens (including phenoxy) is 2. The van der Waals surface area contributed by atoms with E-state index in [1.54, 1.807) is 31.2 Å². The molecule has 0 saturated carbocycles. The summed E-state index contributed by atoms with van der Waals surface area (Å²) in [5.74, 6) is -1.65. The molecule has 0 bridgehead atoms. The maximum Gasteiger partial charge on any atom is 0.366 e. The molecule has 2 aromatic carbocycles. The molecule has 3 aromatic rings. The molecule has 0 amide bonds. The van der Waals surface area contributed by atoms with Crippen LogP contribution >= 0.6 is 0 Å². The van der Waals surface area contributed by atoms with E-state index < -0.39 is 11.8 Å². The number of aromatic nitrogens is 1. The van der Waals surface area contributed by atoms with Gasteiger partial charge in [0, 0.05) is 18.4 Å². The summed E-state index contributed by atoms with van der Waals surface area (Å²) >= 11 is 0. The Bertz CT molecular complexity index is 963. The number of carbonyl (C=O) groups is 1. The van der Waals surface area contributed by atoms with Gasteiger partial charge < -0.3 is 24.1 Å². The fraction of sp³-hybridized carbons (Fsp3) is 0.304. The Balaban J connectivity index is 1.54. The highest BCUT2D eigenvalue weighted by atomic mass is 16.6. The topological polar surface area (TPSA) is 102 Å². The van der Waals surface area contributed by atoms with E-state index in [-0.39, 0.29) is 13.0 Å². The summed E-state index contributed by atoms with van der Waals surface area (Å²) in [4.78, 5) is 16.1. The molecule has 158 valence electrons. The lowest BCUT2D eigenvalue weighted by molar-refractivity contribution is -0.208. The van der Waals surface area contributed by atoms with E-state index in [4.69, 9.17) is 9.15 Å². The first kappa shape index (κ1) is 21.5. The molecule has 0 atom stereocenters. The maximum absolute atomic E-state index is 11.6. The van der Waals surface area contributed by atoms with Crippen molar-refractivity contribution in [1.29, 1.82) is 0 Å². The van der Waals surface area contributed by atoms with E-state index in [1.165, 1.54) is 0 Å². The van der Waals surface area contributed by atoms with Crippen molar-refractivity contribution in [3.8, 4) is 17.2 Å². The van der Waals surface area contributed by atoms with Gasteiger partial charge in [-0.1, -0.05) is 30.3 Å². The maximum atomic E-state index is 11.6. The second kappa shape index (κ2) is 9.56. The SMILES string of the molecule is CCOC(=O)C(O)(O)Cc1ccc(OCCc2nc(-c3ccccc3)oc2C)cc1. The van der Waals surface area contributed by atoms with Gasteiger partial charge in [0.2, 0.25) is 5.89 Å². The van der Waals surface area contributed by atoms with Gasteiger partial charge in [-0.15, -0.1) is 0 Å². The molecule has 0 radical (unpaired) electrons. The molecule has 30 heavy (non-hydrogen) atoms. The molecule has 7 nitrogen and oxygen atoms in total. The molecule has 0 spiro atoms. The number of aliphatic hydroxyl groups is 2. The van der Waals surface area contributed by atoms with Crippen molar-refractivity contribution in [3.05, 3.63) is 71.6 Å². The summed E-state index contributed by atoms with van der Waals surface area (Å²) in [6.45, 7) is 3.96. The van der Waals surface area contributed by atoms with Gasteiger partial charge >= 0.3 is 5.97 Å². The number of oxazole rings is 1. The van der Waals surface area contributed by atoms with Crippen molar-refractivity contribution >= 4 is 5.97 Å². The van der Waals surface area contributed by atoms with Crippen LogP contribution in [0, 0.1) is 6.92 Å². The zero-order chi connectivity index (χ0) is 21.6. The minimum atomic E-state index is -2.56. The van der Waals surface area contributed by atoms with E-state index in [0.29, 0.717) is 30.2 Å². The molecule has 2 N–H and O–H groups in total. The normalized spacial score (nSPS) is 11.3. The van der Waals surface area contributed by atoms with E-state index >= 15 is 0 Å². The summed E-state index contributed by atoms with van der Waals surface area (Å²) in [6, 6.07) is 16.5. The summed E-state index contributed by atoms with van der Waals surface area (Å²) in [7, 11) is 0. The Kier molecular flexibility index (Phi) is 6.87. The van der Waals surface area contributed by atoms with Crippen LogP contribution in [0.2, 0.25) is 0 Å². The summed E-state index contributed by atoms with van der Waals surface area (Å²) in [5, 5.41) is 19.7. The quantitative estimate of drug-likeness (QED) is 0.412. The predicted octanol–water partition coefficient (Wildman–Crippen LogP) is 3.06. The first-order chi connectivity index (χ1) is 14.4. The highest BCUT2D eigenvalue weighted by molar-refractivity contribution is 5.77. The van der Waals surface area contributed by atoms with Gasteiger partial charge in [-0.25, -0.2) is 9.78 Å². The van der Waals surface area contributed by atoms with Crippen LogP contribution in [-0.4, -0.2) is 40.2 Å². The lowest BCUT2D eigenvalue weighted by Gasteiger charge is -2.19. The molecule has 7 heteroatoms. The van der Waals surface area contributed by atoms with Gasteiger partial charge in [0.15, 0.2) is 0 Å². The number of benzene rings is 2. The van der Waals surface area contributed by atoms with Gasteiger partial charge in [0.25, 0.3) is 5.79 Å². The van der Waals surface area contributed by atoms with Gasteiger partial charge in [-0.05, 0) is 43.7 Å². The number of rotatable bonds is 9. The summed E-state index contributed by atoms with van der Waals surface area (Å²) in [6.07, 6.45) is 0.315. The Hall–Kier alpha value is -3.16.